The van der Waals surface area contributed by atoms with Gasteiger partial charge >= 0.3 is 5.97 Å². The van der Waals surface area contributed by atoms with E-state index in [4.69, 9.17) is 9.84 Å². The van der Waals surface area contributed by atoms with Crippen molar-refractivity contribution in [3.63, 3.8) is 0 Å². The van der Waals surface area contributed by atoms with Crippen LogP contribution >= 0.6 is 11.8 Å². The lowest BCUT2D eigenvalue weighted by atomic mass is 10.1. The molecule has 6 heteroatoms. The molecular formula is C13H23NO4S. The van der Waals surface area contributed by atoms with E-state index >= 15 is 0 Å². The zero-order valence-electron chi connectivity index (χ0n) is 11.8. The normalized spacial score (nSPS) is 17.5. The quantitative estimate of drug-likeness (QED) is 0.833. The Kier molecular flexibility index (Phi) is 6.13. The molecule has 1 heterocycles. The first kappa shape index (κ1) is 16.3. The highest BCUT2D eigenvalue weighted by atomic mass is 32.2. The van der Waals surface area contributed by atoms with Crippen LogP contribution in [0.5, 0.6) is 0 Å². The lowest BCUT2D eigenvalue weighted by molar-refractivity contribution is -0.146. The molecule has 110 valence electrons. The summed E-state index contributed by atoms with van der Waals surface area (Å²) in [5.41, 5.74) is 0. The molecule has 0 spiro atoms. The molecule has 0 aromatic carbocycles. The van der Waals surface area contributed by atoms with Crippen molar-refractivity contribution in [1.29, 1.82) is 0 Å². The number of carbonyl (C=O) groups excluding carboxylic acids is 1. The predicted octanol–water partition coefficient (Wildman–Crippen LogP) is 1.61. The van der Waals surface area contributed by atoms with Crippen molar-refractivity contribution < 1.29 is 19.4 Å². The lowest BCUT2D eigenvalue weighted by Gasteiger charge is -2.32. The Bertz CT molecular complexity index is 319. The van der Waals surface area contributed by atoms with Gasteiger partial charge in [0.1, 0.15) is 6.61 Å². The number of amides is 1. The fraction of sp³-hybridized carbons (Fsp3) is 0.846. The van der Waals surface area contributed by atoms with E-state index in [0.29, 0.717) is 18.8 Å². The van der Waals surface area contributed by atoms with E-state index in [0.717, 1.165) is 12.8 Å². The van der Waals surface area contributed by atoms with Gasteiger partial charge in [-0.3, -0.25) is 4.79 Å². The Morgan fingerprint density at radius 2 is 1.89 bits per heavy atom. The molecule has 0 unspecified atom stereocenters. The highest BCUT2D eigenvalue weighted by Crippen LogP contribution is 2.24. The van der Waals surface area contributed by atoms with Gasteiger partial charge in [-0.25, -0.2) is 4.79 Å². The monoisotopic (exact) mass is 289 g/mol. The summed E-state index contributed by atoms with van der Waals surface area (Å²) in [5, 5.41) is 8.54. The topological polar surface area (TPSA) is 66.8 Å². The third-order valence-electron chi connectivity index (χ3n) is 2.87. The van der Waals surface area contributed by atoms with E-state index in [2.05, 4.69) is 20.8 Å². The van der Waals surface area contributed by atoms with Gasteiger partial charge in [-0.15, -0.1) is 11.8 Å². The number of likely N-dealkylation sites (tertiary alicyclic amines) is 1. The number of aliphatic carboxylic acids is 1. The molecule has 0 aromatic heterocycles. The third-order valence-corrected chi connectivity index (χ3v) is 4.12. The van der Waals surface area contributed by atoms with Crippen molar-refractivity contribution in [2.45, 2.75) is 44.5 Å². The Balaban J connectivity index is 2.25. The maximum atomic E-state index is 12.0. The molecule has 1 amide bonds. The fourth-order valence-corrected chi connectivity index (χ4v) is 2.57. The van der Waals surface area contributed by atoms with Crippen LogP contribution in [-0.4, -0.2) is 58.2 Å². The Morgan fingerprint density at radius 3 is 2.37 bits per heavy atom. The van der Waals surface area contributed by atoms with E-state index in [-0.39, 0.29) is 23.4 Å². The minimum Gasteiger partial charge on any atom is -0.480 e. The fourth-order valence-electron chi connectivity index (χ4n) is 1.83. The molecule has 1 saturated heterocycles. The van der Waals surface area contributed by atoms with Gasteiger partial charge in [0.05, 0.1) is 11.9 Å². The number of nitrogens with zero attached hydrogens (tertiary/aromatic N) is 1. The molecule has 0 atom stereocenters. The van der Waals surface area contributed by atoms with Crippen LogP contribution in [-0.2, 0) is 14.3 Å². The molecule has 1 fully saturated rings. The van der Waals surface area contributed by atoms with Gasteiger partial charge in [0, 0.05) is 17.8 Å². The summed E-state index contributed by atoms with van der Waals surface area (Å²) in [6, 6.07) is 0. The Hall–Kier alpha value is -0.750. The molecule has 5 nitrogen and oxygen atoms in total. The van der Waals surface area contributed by atoms with Gasteiger partial charge in [-0.2, -0.15) is 0 Å². The molecule has 0 bridgehead atoms. The number of ether oxygens (including phenoxy) is 1. The predicted molar refractivity (Wildman–Crippen MR) is 75.4 cm³/mol. The molecule has 0 aromatic rings. The molecule has 0 aliphatic carbocycles. The van der Waals surface area contributed by atoms with E-state index in [1.807, 2.05) is 4.90 Å². The average Bonchev–Trinajstić information content (AvgIpc) is 2.33. The first-order chi connectivity index (χ1) is 8.78. The molecule has 19 heavy (non-hydrogen) atoms. The van der Waals surface area contributed by atoms with Crippen molar-refractivity contribution in [2.24, 2.45) is 0 Å². The highest BCUT2D eigenvalue weighted by molar-refractivity contribution is 8.01. The molecular weight excluding hydrogens is 266 g/mol. The minimum absolute atomic E-state index is 0.0320. The van der Waals surface area contributed by atoms with Gasteiger partial charge in [0.15, 0.2) is 0 Å². The van der Waals surface area contributed by atoms with Crippen molar-refractivity contribution >= 4 is 23.6 Å². The first-order valence-electron chi connectivity index (χ1n) is 6.53. The summed E-state index contributed by atoms with van der Waals surface area (Å²) in [4.78, 5) is 24.2. The smallest absolute Gasteiger partial charge is 0.329 e. The van der Waals surface area contributed by atoms with Crippen LogP contribution in [0.3, 0.4) is 0 Å². The molecule has 1 aliphatic rings. The van der Waals surface area contributed by atoms with Crippen LogP contribution < -0.4 is 0 Å². The number of carboxylic acid groups (broad SMARTS) is 1. The van der Waals surface area contributed by atoms with Gasteiger partial charge in [-0.1, -0.05) is 20.8 Å². The second kappa shape index (κ2) is 7.14. The van der Waals surface area contributed by atoms with Gasteiger partial charge in [-0.05, 0) is 12.8 Å². The number of hydrogen-bond donors (Lipinski definition) is 1. The Morgan fingerprint density at radius 1 is 1.32 bits per heavy atom. The number of carboxylic acids is 1. The van der Waals surface area contributed by atoms with E-state index < -0.39 is 5.97 Å². The Labute approximate surface area is 118 Å². The highest BCUT2D eigenvalue weighted by Gasteiger charge is 2.24. The largest absolute Gasteiger partial charge is 0.480 e. The molecule has 1 rings (SSSR count). The summed E-state index contributed by atoms with van der Waals surface area (Å²) in [7, 11) is 0. The summed E-state index contributed by atoms with van der Waals surface area (Å²) in [5.74, 6) is -0.277. The van der Waals surface area contributed by atoms with Crippen LogP contribution in [0.1, 0.15) is 33.6 Å². The first-order valence-corrected chi connectivity index (χ1v) is 7.51. The SMILES string of the molecule is CC(C)(C)SCC(=O)N1CCC(OCC(=O)O)CC1. The van der Waals surface area contributed by atoms with Crippen molar-refractivity contribution in [2.75, 3.05) is 25.4 Å². The van der Waals surface area contributed by atoms with Gasteiger partial charge in [0.25, 0.3) is 0 Å². The van der Waals surface area contributed by atoms with Crippen molar-refractivity contribution in [3.8, 4) is 0 Å². The summed E-state index contributed by atoms with van der Waals surface area (Å²) >= 11 is 1.65. The van der Waals surface area contributed by atoms with E-state index in [9.17, 15) is 9.59 Å². The van der Waals surface area contributed by atoms with Crippen LogP contribution in [0.25, 0.3) is 0 Å². The third kappa shape index (κ3) is 6.82. The van der Waals surface area contributed by atoms with Crippen molar-refractivity contribution in [1.82, 2.24) is 4.90 Å². The number of piperidine rings is 1. The minimum atomic E-state index is -0.944. The number of thioether (sulfide) groups is 1. The molecule has 0 saturated carbocycles. The van der Waals surface area contributed by atoms with Gasteiger partial charge in [0.2, 0.25) is 5.91 Å². The molecule has 1 aliphatic heterocycles. The second-order valence-electron chi connectivity index (χ2n) is 5.69. The molecule has 0 radical (unpaired) electrons. The number of hydrogen-bond acceptors (Lipinski definition) is 4. The average molecular weight is 289 g/mol. The summed E-state index contributed by atoms with van der Waals surface area (Å²) in [6.45, 7) is 7.35. The van der Waals surface area contributed by atoms with Crippen LogP contribution in [0, 0.1) is 0 Å². The zero-order valence-corrected chi connectivity index (χ0v) is 12.7. The number of carbonyl (C=O) groups is 2. The number of rotatable bonds is 5. The standard InChI is InChI=1S/C13H23NO4S/c1-13(2,3)19-9-11(15)14-6-4-10(5-7-14)18-8-12(16)17/h10H,4-9H2,1-3H3,(H,16,17). The lowest BCUT2D eigenvalue weighted by Crippen LogP contribution is -2.42. The maximum absolute atomic E-state index is 12.0. The summed E-state index contributed by atoms with van der Waals surface area (Å²) < 4.78 is 5.34. The molecule has 1 N–H and O–H groups in total. The van der Waals surface area contributed by atoms with Gasteiger partial charge < -0.3 is 14.7 Å². The van der Waals surface area contributed by atoms with Crippen molar-refractivity contribution in [3.05, 3.63) is 0 Å². The summed E-state index contributed by atoms with van der Waals surface area (Å²) in [6.07, 6.45) is 1.41. The van der Waals surface area contributed by atoms with E-state index in [1.165, 1.54) is 0 Å². The zero-order chi connectivity index (χ0) is 14.5. The van der Waals surface area contributed by atoms with E-state index in [1.54, 1.807) is 11.8 Å². The van der Waals surface area contributed by atoms with Crippen LogP contribution in [0.2, 0.25) is 0 Å². The van der Waals surface area contributed by atoms with Crippen LogP contribution in [0.4, 0.5) is 0 Å². The van der Waals surface area contributed by atoms with Crippen LogP contribution in [0.15, 0.2) is 0 Å². The maximum Gasteiger partial charge on any atom is 0.329 e. The second-order valence-corrected chi connectivity index (χ2v) is 7.49.